The van der Waals surface area contributed by atoms with Crippen LogP contribution in [0.4, 0.5) is 5.69 Å². The highest BCUT2D eigenvalue weighted by Gasteiger charge is 2.11. The third-order valence-electron chi connectivity index (χ3n) is 3.11. The molecule has 2 nitrogen and oxygen atoms in total. The summed E-state index contributed by atoms with van der Waals surface area (Å²) in [5, 5.41) is 5.14. The maximum Gasteiger partial charge on any atom is 0.0948 e. The lowest BCUT2D eigenvalue weighted by Gasteiger charge is -2.15. The molecule has 3 rings (SSSR count). The van der Waals surface area contributed by atoms with Crippen molar-refractivity contribution >= 4 is 51.1 Å². The monoisotopic (exact) mass is 322 g/mol. The maximum absolute atomic E-state index is 6.20. The van der Waals surface area contributed by atoms with Gasteiger partial charge < -0.3 is 5.32 Å². The fourth-order valence-corrected chi connectivity index (χ4v) is 3.40. The number of anilines is 1. The second kappa shape index (κ2) is 5.60. The van der Waals surface area contributed by atoms with Gasteiger partial charge in [0.15, 0.2) is 0 Å². The van der Waals surface area contributed by atoms with E-state index >= 15 is 0 Å². The minimum absolute atomic E-state index is 0.166. The van der Waals surface area contributed by atoms with Gasteiger partial charge in [0.25, 0.3) is 0 Å². The van der Waals surface area contributed by atoms with Gasteiger partial charge >= 0.3 is 0 Å². The van der Waals surface area contributed by atoms with Gasteiger partial charge in [0, 0.05) is 16.5 Å². The van der Waals surface area contributed by atoms with E-state index in [-0.39, 0.29) is 6.04 Å². The molecule has 0 saturated heterocycles. The highest BCUT2D eigenvalue weighted by Crippen LogP contribution is 2.33. The predicted molar refractivity (Wildman–Crippen MR) is 88.1 cm³/mol. The number of rotatable bonds is 3. The van der Waals surface area contributed by atoms with E-state index in [0.717, 1.165) is 20.9 Å². The molecule has 1 unspecified atom stereocenters. The number of aromatic nitrogens is 1. The Balaban J connectivity index is 1.97. The SMILES string of the molecule is CC(Nc1ccc(Cl)c2cccnc12)c1ccc(Cl)s1. The number of hydrogen-bond donors (Lipinski definition) is 1. The summed E-state index contributed by atoms with van der Waals surface area (Å²) < 4.78 is 0.799. The van der Waals surface area contributed by atoms with Crippen molar-refractivity contribution in [2.45, 2.75) is 13.0 Å². The van der Waals surface area contributed by atoms with E-state index in [1.54, 1.807) is 17.5 Å². The zero-order chi connectivity index (χ0) is 14.1. The highest BCUT2D eigenvalue weighted by molar-refractivity contribution is 7.16. The Morgan fingerprint density at radius 3 is 2.75 bits per heavy atom. The van der Waals surface area contributed by atoms with Crippen molar-refractivity contribution in [3.8, 4) is 0 Å². The van der Waals surface area contributed by atoms with Crippen LogP contribution < -0.4 is 5.32 Å². The summed E-state index contributed by atoms with van der Waals surface area (Å²) >= 11 is 13.8. The molecule has 0 aliphatic rings. The van der Waals surface area contributed by atoms with Crippen LogP contribution in [0.3, 0.4) is 0 Å². The molecule has 0 spiro atoms. The number of thiophene rings is 1. The molecule has 20 heavy (non-hydrogen) atoms. The van der Waals surface area contributed by atoms with Gasteiger partial charge in [-0.3, -0.25) is 4.98 Å². The topological polar surface area (TPSA) is 24.9 Å². The van der Waals surface area contributed by atoms with Gasteiger partial charge in [-0.05, 0) is 43.3 Å². The first-order valence-electron chi connectivity index (χ1n) is 6.20. The molecule has 2 heterocycles. The van der Waals surface area contributed by atoms with E-state index in [2.05, 4.69) is 17.2 Å². The van der Waals surface area contributed by atoms with Crippen molar-refractivity contribution in [2.24, 2.45) is 0 Å². The second-order valence-corrected chi connectivity index (χ2v) is 6.66. The third-order valence-corrected chi connectivity index (χ3v) is 4.85. The summed E-state index contributed by atoms with van der Waals surface area (Å²) in [7, 11) is 0. The number of fused-ring (bicyclic) bond motifs is 1. The van der Waals surface area contributed by atoms with Crippen LogP contribution in [0.2, 0.25) is 9.36 Å². The van der Waals surface area contributed by atoms with Crippen molar-refractivity contribution < 1.29 is 0 Å². The third kappa shape index (κ3) is 2.62. The number of nitrogens with zero attached hydrogens (tertiary/aromatic N) is 1. The van der Waals surface area contributed by atoms with Crippen LogP contribution in [-0.4, -0.2) is 4.98 Å². The summed E-state index contributed by atoms with van der Waals surface area (Å²) in [6.07, 6.45) is 1.77. The Bertz CT molecular complexity index is 754. The molecule has 0 fully saturated rings. The van der Waals surface area contributed by atoms with E-state index in [1.807, 2.05) is 36.4 Å². The molecule has 1 N–H and O–H groups in total. The smallest absolute Gasteiger partial charge is 0.0948 e. The van der Waals surface area contributed by atoms with Gasteiger partial charge in [-0.25, -0.2) is 0 Å². The molecule has 0 bridgehead atoms. The van der Waals surface area contributed by atoms with Crippen LogP contribution in [0.25, 0.3) is 10.9 Å². The highest BCUT2D eigenvalue weighted by atomic mass is 35.5. The van der Waals surface area contributed by atoms with Crippen LogP contribution in [-0.2, 0) is 0 Å². The molecule has 0 amide bonds. The Hall–Kier alpha value is -1.29. The molecule has 5 heteroatoms. The van der Waals surface area contributed by atoms with Gasteiger partial charge in [-0.15, -0.1) is 11.3 Å². The Kier molecular flexibility index (Phi) is 3.83. The molecule has 3 aromatic rings. The van der Waals surface area contributed by atoms with Gasteiger partial charge in [0.1, 0.15) is 0 Å². The van der Waals surface area contributed by atoms with Crippen molar-refractivity contribution in [3.05, 3.63) is 56.8 Å². The summed E-state index contributed by atoms with van der Waals surface area (Å²) in [5.41, 5.74) is 1.86. The fraction of sp³-hybridized carbons (Fsp3) is 0.133. The number of hydrogen-bond acceptors (Lipinski definition) is 3. The minimum Gasteiger partial charge on any atom is -0.376 e. The Morgan fingerprint density at radius 2 is 2.00 bits per heavy atom. The largest absolute Gasteiger partial charge is 0.376 e. The van der Waals surface area contributed by atoms with Gasteiger partial charge in [0.05, 0.1) is 26.6 Å². The van der Waals surface area contributed by atoms with Crippen molar-refractivity contribution in [1.29, 1.82) is 0 Å². The van der Waals surface area contributed by atoms with Crippen molar-refractivity contribution in [3.63, 3.8) is 0 Å². The molecule has 102 valence electrons. The molecule has 0 aliphatic heterocycles. The van der Waals surface area contributed by atoms with Crippen LogP contribution in [0.15, 0.2) is 42.6 Å². The zero-order valence-corrected chi connectivity index (χ0v) is 13.1. The number of benzene rings is 1. The normalized spacial score (nSPS) is 12.6. The summed E-state index contributed by atoms with van der Waals surface area (Å²) in [6, 6.07) is 11.8. The molecule has 0 radical (unpaired) electrons. The van der Waals surface area contributed by atoms with Crippen LogP contribution in [0.5, 0.6) is 0 Å². The first-order valence-corrected chi connectivity index (χ1v) is 7.77. The van der Waals surface area contributed by atoms with E-state index in [1.165, 1.54) is 4.88 Å². The molecular formula is C15H12Cl2N2S. The number of pyridine rings is 1. The standard InChI is InChI=1S/C15H12Cl2N2S/c1-9(13-6-7-14(17)20-13)19-12-5-4-11(16)10-3-2-8-18-15(10)12/h2-9,19H,1H3. The van der Waals surface area contributed by atoms with Crippen molar-refractivity contribution in [1.82, 2.24) is 4.98 Å². The number of halogens is 2. The van der Waals surface area contributed by atoms with Crippen LogP contribution in [0, 0.1) is 0 Å². The molecule has 1 atom stereocenters. The maximum atomic E-state index is 6.20. The van der Waals surface area contributed by atoms with E-state index in [4.69, 9.17) is 23.2 Å². The number of nitrogens with one attached hydrogen (secondary N) is 1. The lowest BCUT2D eigenvalue weighted by atomic mass is 10.1. The predicted octanol–water partition coefficient (Wildman–Crippen LogP) is 5.78. The molecule has 2 aromatic heterocycles. The van der Waals surface area contributed by atoms with Gasteiger partial charge in [-0.1, -0.05) is 23.2 Å². The summed E-state index contributed by atoms with van der Waals surface area (Å²) in [4.78, 5) is 5.61. The second-order valence-electron chi connectivity index (χ2n) is 4.50. The molecule has 0 aliphatic carbocycles. The van der Waals surface area contributed by atoms with E-state index < -0.39 is 0 Å². The minimum atomic E-state index is 0.166. The fourth-order valence-electron chi connectivity index (χ4n) is 2.12. The molecular weight excluding hydrogens is 311 g/mol. The lowest BCUT2D eigenvalue weighted by Crippen LogP contribution is -2.05. The molecule has 1 aromatic carbocycles. The first kappa shape index (κ1) is 13.7. The Morgan fingerprint density at radius 1 is 1.15 bits per heavy atom. The van der Waals surface area contributed by atoms with E-state index in [0.29, 0.717) is 5.02 Å². The van der Waals surface area contributed by atoms with E-state index in [9.17, 15) is 0 Å². The van der Waals surface area contributed by atoms with Crippen LogP contribution in [0.1, 0.15) is 17.8 Å². The van der Waals surface area contributed by atoms with Gasteiger partial charge in [-0.2, -0.15) is 0 Å². The lowest BCUT2D eigenvalue weighted by molar-refractivity contribution is 0.909. The summed E-state index contributed by atoms with van der Waals surface area (Å²) in [5.74, 6) is 0. The summed E-state index contributed by atoms with van der Waals surface area (Å²) in [6.45, 7) is 2.10. The first-order chi connectivity index (χ1) is 9.65. The van der Waals surface area contributed by atoms with Gasteiger partial charge in [0.2, 0.25) is 0 Å². The molecule has 0 saturated carbocycles. The van der Waals surface area contributed by atoms with Crippen molar-refractivity contribution in [2.75, 3.05) is 5.32 Å². The quantitative estimate of drug-likeness (QED) is 0.661. The average molecular weight is 323 g/mol. The zero-order valence-electron chi connectivity index (χ0n) is 10.7. The Labute approximate surface area is 131 Å². The van der Waals surface area contributed by atoms with Crippen LogP contribution >= 0.6 is 34.5 Å². The average Bonchev–Trinajstić information content (AvgIpc) is 2.89.